The average Bonchev–Trinajstić information content (AvgIpc) is 2.47. The molecule has 0 amide bonds. The van der Waals surface area contributed by atoms with E-state index >= 15 is 0 Å². The molecule has 0 radical (unpaired) electrons. The van der Waals surface area contributed by atoms with E-state index < -0.39 is 0 Å². The Bertz CT molecular complexity index is 644. The lowest BCUT2D eigenvalue weighted by molar-refractivity contribution is 0.112. The van der Waals surface area contributed by atoms with Gasteiger partial charge in [0, 0.05) is 5.56 Å². The molecule has 2 aromatic rings. The fourth-order valence-corrected chi connectivity index (χ4v) is 2.75. The van der Waals surface area contributed by atoms with Crippen LogP contribution in [0.1, 0.15) is 39.9 Å². The van der Waals surface area contributed by atoms with Crippen LogP contribution in [0.15, 0.2) is 36.4 Å². The maximum Gasteiger partial charge on any atom is 0.150 e. The molecule has 2 nitrogen and oxygen atoms in total. The molecule has 0 N–H and O–H groups in total. The van der Waals surface area contributed by atoms with Gasteiger partial charge in [0.15, 0.2) is 0 Å². The summed E-state index contributed by atoms with van der Waals surface area (Å²) in [6, 6.07) is 11.9. The van der Waals surface area contributed by atoms with Crippen LogP contribution >= 0.6 is 0 Å². The van der Waals surface area contributed by atoms with Crippen molar-refractivity contribution in [2.75, 3.05) is 0 Å². The lowest BCUT2D eigenvalue weighted by Gasteiger charge is -2.17. The molecular formula is C18H18O2. The zero-order chi connectivity index (χ0) is 13.9. The molecule has 0 spiro atoms. The molecule has 0 atom stereocenters. The first-order valence-corrected chi connectivity index (χ1v) is 7.12. The van der Waals surface area contributed by atoms with Gasteiger partial charge in [-0.2, -0.15) is 0 Å². The number of aldehydes is 1. The Hall–Kier alpha value is -2.09. The van der Waals surface area contributed by atoms with E-state index in [1.54, 1.807) is 6.07 Å². The lowest BCUT2D eigenvalue weighted by atomic mass is 9.92. The Kier molecular flexibility index (Phi) is 3.55. The molecule has 1 aliphatic rings. The van der Waals surface area contributed by atoms with E-state index in [0.717, 1.165) is 29.8 Å². The number of carbonyl (C=O) groups excluding carboxylic acids is 1. The summed E-state index contributed by atoms with van der Waals surface area (Å²) in [4.78, 5) is 10.8. The predicted molar refractivity (Wildman–Crippen MR) is 79.7 cm³/mol. The Morgan fingerprint density at radius 2 is 1.65 bits per heavy atom. The number of rotatable bonds is 3. The van der Waals surface area contributed by atoms with Gasteiger partial charge in [-0.1, -0.05) is 6.07 Å². The third-order valence-corrected chi connectivity index (χ3v) is 3.92. The molecule has 0 unspecified atom stereocenters. The maximum absolute atomic E-state index is 10.8. The van der Waals surface area contributed by atoms with Crippen LogP contribution < -0.4 is 4.74 Å². The van der Waals surface area contributed by atoms with Crippen molar-refractivity contribution in [3.63, 3.8) is 0 Å². The molecule has 0 fully saturated rings. The predicted octanol–water partition coefficient (Wildman–Crippen LogP) is 4.48. The number of carbonyl (C=O) groups is 1. The second-order valence-corrected chi connectivity index (χ2v) is 5.38. The molecule has 0 bridgehead atoms. The minimum Gasteiger partial charge on any atom is -0.457 e. The Morgan fingerprint density at radius 1 is 0.950 bits per heavy atom. The van der Waals surface area contributed by atoms with Crippen LogP contribution in [0, 0.1) is 6.92 Å². The highest BCUT2D eigenvalue weighted by Crippen LogP contribution is 2.29. The Balaban J connectivity index is 1.84. The van der Waals surface area contributed by atoms with Crippen molar-refractivity contribution in [3.05, 3.63) is 58.7 Å². The van der Waals surface area contributed by atoms with Gasteiger partial charge in [-0.05, 0) is 79.6 Å². The standard InChI is InChI=1S/C18H18O2/c1-13-10-17(9-7-16(13)12-19)20-18-8-6-14-4-2-3-5-15(14)11-18/h6-12H,2-5H2,1H3. The number of hydrogen-bond acceptors (Lipinski definition) is 2. The molecule has 2 heteroatoms. The topological polar surface area (TPSA) is 26.3 Å². The molecule has 0 aliphatic heterocycles. The quantitative estimate of drug-likeness (QED) is 0.766. The second-order valence-electron chi connectivity index (χ2n) is 5.38. The van der Waals surface area contributed by atoms with Crippen LogP contribution in [0.2, 0.25) is 0 Å². The van der Waals surface area contributed by atoms with Gasteiger partial charge in [0.05, 0.1) is 0 Å². The van der Waals surface area contributed by atoms with Gasteiger partial charge in [0.2, 0.25) is 0 Å². The summed E-state index contributed by atoms with van der Waals surface area (Å²) in [5.41, 5.74) is 4.52. The third kappa shape index (κ3) is 2.60. The van der Waals surface area contributed by atoms with Crippen molar-refractivity contribution in [2.45, 2.75) is 32.6 Å². The highest BCUT2D eigenvalue weighted by atomic mass is 16.5. The van der Waals surface area contributed by atoms with E-state index in [0.29, 0.717) is 5.56 Å². The van der Waals surface area contributed by atoms with Gasteiger partial charge >= 0.3 is 0 Å². The normalized spacial score (nSPS) is 13.7. The van der Waals surface area contributed by atoms with Crippen LogP contribution in [0.4, 0.5) is 0 Å². The Labute approximate surface area is 119 Å². The van der Waals surface area contributed by atoms with Gasteiger partial charge in [-0.15, -0.1) is 0 Å². The smallest absolute Gasteiger partial charge is 0.150 e. The summed E-state index contributed by atoms with van der Waals surface area (Å²) >= 11 is 0. The average molecular weight is 266 g/mol. The number of ether oxygens (including phenoxy) is 1. The van der Waals surface area contributed by atoms with Crippen LogP contribution in [0.5, 0.6) is 11.5 Å². The maximum atomic E-state index is 10.8. The molecular weight excluding hydrogens is 248 g/mol. The van der Waals surface area contributed by atoms with Gasteiger partial charge in [-0.3, -0.25) is 4.79 Å². The Morgan fingerprint density at radius 3 is 2.40 bits per heavy atom. The molecule has 1 aliphatic carbocycles. The third-order valence-electron chi connectivity index (χ3n) is 3.92. The fourth-order valence-electron chi connectivity index (χ4n) is 2.75. The van der Waals surface area contributed by atoms with Gasteiger partial charge in [0.1, 0.15) is 17.8 Å². The van der Waals surface area contributed by atoms with E-state index in [1.165, 1.54) is 30.4 Å². The second kappa shape index (κ2) is 5.49. The van der Waals surface area contributed by atoms with Crippen molar-refractivity contribution < 1.29 is 9.53 Å². The SMILES string of the molecule is Cc1cc(Oc2ccc3c(c2)CCCC3)ccc1C=O. The molecule has 0 heterocycles. The van der Waals surface area contributed by atoms with E-state index in [2.05, 4.69) is 12.1 Å². The van der Waals surface area contributed by atoms with Gasteiger partial charge in [0.25, 0.3) is 0 Å². The summed E-state index contributed by atoms with van der Waals surface area (Å²) in [5, 5.41) is 0. The first-order chi connectivity index (χ1) is 9.76. The van der Waals surface area contributed by atoms with Gasteiger partial charge in [-0.25, -0.2) is 0 Å². The van der Waals surface area contributed by atoms with E-state index in [9.17, 15) is 4.79 Å². The first-order valence-electron chi connectivity index (χ1n) is 7.12. The zero-order valence-electron chi connectivity index (χ0n) is 11.7. The number of hydrogen-bond donors (Lipinski definition) is 0. The molecule has 102 valence electrons. The fraction of sp³-hybridized carbons (Fsp3) is 0.278. The minimum absolute atomic E-state index is 0.711. The van der Waals surface area contributed by atoms with Gasteiger partial charge < -0.3 is 4.74 Å². The van der Waals surface area contributed by atoms with Crippen LogP contribution in [0.25, 0.3) is 0 Å². The molecule has 20 heavy (non-hydrogen) atoms. The summed E-state index contributed by atoms with van der Waals surface area (Å²) in [6.07, 6.45) is 5.76. The molecule has 3 rings (SSSR count). The van der Waals surface area contributed by atoms with E-state index in [4.69, 9.17) is 4.74 Å². The van der Waals surface area contributed by atoms with Crippen molar-refractivity contribution in [1.29, 1.82) is 0 Å². The van der Waals surface area contributed by atoms with Crippen LogP contribution in [0.3, 0.4) is 0 Å². The van der Waals surface area contributed by atoms with E-state index in [-0.39, 0.29) is 0 Å². The van der Waals surface area contributed by atoms with Crippen molar-refractivity contribution in [1.82, 2.24) is 0 Å². The monoisotopic (exact) mass is 266 g/mol. The largest absolute Gasteiger partial charge is 0.457 e. The van der Waals surface area contributed by atoms with Crippen molar-refractivity contribution in [3.8, 4) is 11.5 Å². The highest BCUT2D eigenvalue weighted by Gasteiger charge is 2.10. The van der Waals surface area contributed by atoms with Crippen LogP contribution in [-0.2, 0) is 12.8 Å². The number of fused-ring (bicyclic) bond motifs is 1. The van der Waals surface area contributed by atoms with Crippen molar-refractivity contribution in [2.24, 2.45) is 0 Å². The van der Waals surface area contributed by atoms with Crippen LogP contribution in [-0.4, -0.2) is 6.29 Å². The summed E-state index contributed by atoms with van der Waals surface area (Å²) in [7, 11) is 0. The summed E-state index contributed by atoms with van der Waals surface area (Å²) < 4.78 is 5.91. The molecule has 0 aromatic heterocycles. The molecule has 0 saturated carbocycles. The summed E-state index contributed by atoms with van der Waals surface area (Å²) in [5.74, 6) is 1.66. The molecule has 0 saturated heterocycles. The molecule has 2 aromatic carbocycles. The summed E-state index contributed by atoms with van der Waals surface area (Å²) in [6.45, 7) is 1.92. The zero-order valence-corrected chi connectivity index (χ0v) is 11.7. The lowest BCUT2D eigenvalue weighted by Crippen LogP contribution is -2.02. The number of benzene rings is 2. The first kappa shape index (κ1) is 12.9. The van der Waals surface area contributed by atoms with Crippen molar-refractivity contribution >= 4 is 6.29 Å². The highest BCUT2D eigenvalue weighted by molar-refractivity contribution is 5.77. The minimum atomic E-state index is 0.711. The number of aryl methyl sites for hydroxylation is 3. The van der Waals surface area contributed by atoms with E-state index in [1.807, 2.05) is 25.1 Å².